The number of carbonyl (C=O) groups excluding carboxylic acids is 3. The lowest BCUT2D eigenvalue weighted by atomic mass is 9.70. The Morgan fingerprint density at radius 1 is 1.19 bits per heavy atom. The smallest absolute Gasteiger partial charge is 0.249 e. The first kappa shape index (κ1) is 27.1. The molecule has 0 radical (unpaired) electrons. The molecule has 8 heteroatoms. The number of ether oxygens (including phenoxy) is 1. The number of amides is 3. The molecule has 1 N–H and O–H groups in total. The van der Waals surface area contributed by atoms with Crippen molar-refractivity contribution in [2.24, 2.45) is 11.8 Å². The largest absolute Gasteiger partial charge is 0.394 e. The van der Waals surface area contributed by atoms with E-state index >= 15 is 0 Å². The third-order valence-electron chi connectivity index (χ3n) is 8.03. The van der Waals surface area contributed by atoms with E-state index in [4.69, 9.17) is 4.74 Å². The van der Waals surface area contributed by atoms with Gasteiger partial charge in [0.25, 0.3) is 0 Å². The second-order valence-electron chi connectivity index (χ2n) is 10.4. The maximum Gasteiger partial charge on any atom is 0.249 e. The first-order valence-electron chi connectivity index (χ1n) is 13.3. The Labute approximate surface area is 219 Å². The summed E-state index contributed by atoms with van der Waals surface area (Å²) in [7, 11) is 0. The fourth-order valence-corrected chi connectivity index (χ4v) is 6.51. The van der Waals surface area contributed by atoms with Gasteiger partial charge in [0.15, 0.2) is 0 Å². The van der Waals surface area contributed by atoms with E-state index in [1.54, 1.807) is 28.9 Å². The van der Waals surface area contributed by atoms with Crippen LogP contribution in [0.2, 0.25) is 0 Å². The van der Waals surface area contributed by atoms with Crippen molar-refractivity contribution in [3.63, 3.8) is 0 Å². The van der Waals surface area contributed by atoms with Crippen molar-refractivity contribution in [2.45, 2.75) is 63.4 Å². The minimum absolute atomic E-state index is 0.122. The van der Waals surface area contributed by atoms with Gasteiger partial charge < -0.3 is 24.5 Å². The number of likely N-dealkylation sites (tertiary alicyclic amines) is 1. The molecular formula is C29H39N3O5. The Bertz CT molecular complexity index is 1030. The number of carbonyl (C=O) groups is 3. The zero-order valence-corrected chi connectivity index (χ0v) is 21.9. The highest BCUT2D eigenvalue weighted by Crippen LogP contribution is 2.59. The molecule has 0 aliphatic carbocycles. The first-order chi connectivity index (χ1) is 17.8. The summed E-state index contributed by atoms with van der Waals surface area (Å²) in [5.74, 6) is -2.06. The maximum atomic E-state index is 14.3. The molecule has 3 aliphatic rings. The first-order valence-corrected chi connectivity index (χ1v) is 13.3. The van der Waals surface area contributed by atoms with E-state index in [0.717, 1.165) is 12.0 Å². The number of aliphatic hydroxyl groups excluding tert-OH is 1. The second-order valence-corrected chi connectivity index (χ2v) is 10.4. The highest BCUT2D eigenvalue weighted by atomic mass is 16.5. The van der Waals surface area contributed by atoms with Crippen LogP contribution in [0.3, 0.4) is 0 Å². The summed E-state index contributed by atoms with van der Waals surface area (Å²) in [6, 6.07) is 8.15. The molecule has 37 heavy (non-hydrogen) atoms. The normalized spacial score (nSPS) is 28.6. The van der Waals surface area contributed by atoms with Crippen molar-refractivity contribution in [1.82, 2.24) is 14.7 Å². The highest BCUT2D eigenvalue weighted by molar-refractivity contribution is 5.99. The van der Waals surface area contributed by atoms with Gasteiger partial charge >= 0.3 is 0 Å². The number of aliphatic hydroxyl groups is 1. The van der Waals surface area contributed by atoms with Crippen LogP contribution in [0.1, 0.15) is 38.7 Å². The van der Waals surface area contributed by atoms with E-state index < -0.39 is 35.6 Å². The second kappa shape index (κ2) is 11.2. The van der Waals surface area contributed by atoms with Crippen LogP contribution in [0.4, 0.5) is 0 Å². The Hall–Kier alpha value is -2.97. The van der Waals surface area contributed by atoms with Gasteiger partial charge in [0.2, 0.25) is 17.7 Å². The van der Waals surface area contributed by atoms with Crippen LogP contribution in [0, 0.1) is 11.8 Å². The van der Waals surface area contributed by atoms with Crippen LogP contribution >= 0.6 is 0 Å². The number of fused-ring (bicyclic) bond motifs is 1. The molecule has 3 aliphatic heterocycles. The van der Waals surface area contributed by atoms with Gasteiger partial charge in [-0.1, -0.05) is 49.4 Å². The van der Waals surface area contributed by atoms with E-state index in [2.05, 4.69) is 13.2 Å². The van der Waals surface area contributed by atoms with E-state index in [-0.39, 0.29) is 24.3 Å². The van der Waals surface area contributed by atoms with Crippen molar-refractivity contribution < 1.29 is 24.2 Å². The predicted molar refractivity (Wildman–Crippen MR) is 140 cm³/mol. The van der Waals surface area contributed by atoms with Gasteiger partial charge in [-0.3, -0.25) is 14.4 Å². The Kier molecular flexibility index (Phi) is 8.19. The van der Waals surface area contributed by atoms with Crippen LogP contribution in [-0.2, 0) is 25.7 Å². The van der Waals surface area contributed by atoms with Gasteiger partial charge in [-0.2, -0.15) is 0 Å². The standard InChI is InChI=1S/C29H39N3O5/c1-5-15-30(16-6-2)26(34)23-22-13-14-29(37-22)24(23)27(35)32(20(4)19-33)25(29)28(36)31(17-7-3)18-21-11-9-8-10-12-21/h5,7-12,20,22-25,33H,1,3,6,13-19H2,2,4H3/t20-,22-,23+,24+,25?,29?/m1/s1. The van der Waals surface area contributed by atoms with E-state index in [1.165, 1.54) is 4.90 Å². The molecule has 0 saturated carbocycles. The minimum Gasteiger partial charge on any atom is -0.394 e. The van der Waals surface area contributed by atoms with Crippen LogP contribution in [0.15, 0.2) is 55.6 Å². The fraction of sp³-hybridized carbons (Fsp3) is 0.552. The summed E-state index contributed by atoms with van der Waals surface area (Å²) in [5.41, 5.74) is -0.132. The van der Waals surface area contributed by atoms with Gasteiger partial charge in [-0.25, -0.2) is 0 Å². The van der Waals surface area contributed by atoms with Gasteiger partial charge in [-0.15, -0.1) is 13.2 Å². The third-order valence-corrected chi connectivity index (χ3v) is 8.03. The van der Waals surface area contributed by atoms with Gasteiger partial charge in [-0.05, 0) is 31.7 Å². The summed E-state index contributed by atoms with van der Waals surface area (Å²) in [6.45, 7) is 12.7. The monoisotopic (exact) mass is 509 g/mol. The summed E-state index contributed by atoms with van der Waals surface area (Å²) in [6.07, 6.45) is 4.87. The van der Waals surface area contributed by atoms with Crippen molar-refractivity contribution in [3.8, 4) is 0 Å². The Morgan fingerprint density at radius 3 is 2.49 bits per heavy atom. The molecule has 1 aromatic carbocycles. The molecule has 1 aromatic rings. The molecule has 2 bridgehead atoms. The Balaban J connectivity index is 1.73. The summed E-state index contributed by atoms with van der Waals surface area (Å²) in [5, 5.41) is 10.1. The molecule has 4 rings (SSSR count). The zero-order chi connectivity index (χ0) is 26.7. The van der Waals surface area contributed by atoms with Gasteiger partial charge in [0.1, 0.15) is 11.6 Å². The summed E-state index contributed by atoms with van der Waals surface area (Å²) in [4.78, 5) is 47.0. The van der Waals surface area contributed by atoms with Crippen LogP contribution in [-0.4, -0.2) is 87.6 Å². The maximum absolute atomic E-state index is 14.3. The van der Waals surface area contributed by atoms with Crippen molar-refractivity contribution >= 4 is 17.7 Å². The lowest BCUT2D eigenvalue weighted by Gasteiger charge is -2.38. The van der Waals surface area contributed by atoms with E-state index in [9.17, 15) is 19.5 Å². The molecule has 3 heterocycles. The number of nitrogens with zero attached hydrogens (tertiary/aromatic N) is 3. The number of benzene rings is 1. The van der Waals surface area contributed by atoms with E-state index in [1.807, 2.05) is 37.3 Å². The molecule has 3 amide bonds. The van der Waals surface area contributed by atoms with Crippen molar-refractivity contribution in [1.29, 1.82) is 0 Å². The zero-order valence-electron chi connectivity index (χ0n) is 21.9. The molecule has 8 nitrogen and oxygen atoms in total. The Morgan fingerprint density at radius 2 is 1.86 bits per heavy atom. The van der Waals surface area contributed by atoms with Gasteiger partial charge in [0.05, 0.1) is 30.6 Å². The molecule has 200 valence electrons. The average Bonchev–Trinajstić information content (AvgIpc) is 3.55. The number of hydrogen-bond acceptors (Lipinski definition) is 5. The predicted octanol–water partition coefficient (Wildman–Crippen LogP) is 2.38. The minimum atomic E-state index is -1.09. The van der Waals surface area contributed by atoms with Crippen molar-refractivity contribution in [3.05, 3.63) is 61.2 Å². The number of hydrogen-bond donors (Lipinski definition) is 1. The lowest BCUT2D eigenvalue weighted by molar-refractivity contribution is -0.151. The topological polar surface area (TPSA) is 90.4 Å². The van der Waals surface area contributed by atoms with Gasteiger partial charge in [0, 0.05) is 26.2 Å². The quantitative estimate of drug-likeness (QED) is 0.437. The average molecular weight is 510 g/mol. The molecule has 0 aromatic heterocycles. The highest BCUT2D eigenvalue weighted by Gasteiger charge is 2.75. The summed E-state index contributed by atoms with van der Waals surface area (Å²) >= 11 is 0. The third kappa shape index (κ3) is 4.61. The molecular weight excluding hydrogens is 470 g/mol. The molecule has 3 fully saturated rings. The molecule has 2 unspecified atom stereocenters. The number of rotatable bonds is 12. The van der Waals surface area contributed by atoms with E-state index in [0.29, 0.717) is 39.0 Å². The van der Waals surface area contributed by atoms with Crippen LogP contribution < -0.4 is 0 Å². The van der Waals surface area contributed by atoms with Crippen LogP contribution in [0.5, 0.6) is 0 Å². The molecule has 1 spiro atoms. The molecule has 3 saturated heterocycles. The SMILES string of the molecule is C=CCN(Cc1ccccc1)C(=O)C1N([C@H](C)CO)C(=O)[C@@H]2[C@@H](C(=O)N(CC=C)CCC)[C@H]3CCC12O3. The van der Waals surface area contributed by atoms with Crippen LogP contribution in [0.25, 0.3) is 0 Å². The summed E-state index contributed by atoms with van der Waals surface area (Å²) < 4.78 is 6.54. The molecule has 6 atom stereocenters. The van der Waals surface area contributed by atoms with Crippen molar-refractivity contribution in [2.75, 3.05) is 26.2 Å². The lowest BCUT2D eigenvalue weighted by Crippen LogP contribution is -2.58. The fourth-order valence-electron chi connectivity index (χ4n) is 6.51.